The van der Waals surface area contributed by atoms with Crippen molar-refractivity contribution < 1.29 is 0 Å². The summed E-state index contributed by atoms with van der Waals surface area (Å²) in [4.78, 5) is 14.2. The van der Waals surface area contributed by atoms with E-state index in [1.165, 1.54) is 33.3 Å². The van der Waals surface area contributed by atoms with Crippen LogP contribution in [0.3, 0.4) is 0 Å². The zero-order valence-corrected chi connectivity index (χ0v) is 20.2. The summed E-state index contributed by atoms with van der Waals surface area (Å²) < 4.78 is 2.42. The van der Waals surface area contributed by atoms with Crippen LogP contribution in [0.1, 0.15) is 25.1 Å². The highest BCUT2D eigenvalue weighted by atomic mass is 15.0. The topological polar surface area (TPSA) is 43.6 Å². The molecule has 0 fully saturated rings. The Labute approximate surface area is 210 Å². The Bertz CT molecular complexity index is 1690. The Hall–Kier alpha value is -4.57. The van der Waals surface area contributed by atoms with Crippen LogP contribution in [0.5, 0.6) is 0 Å². The van der Waals surface area contributed by atoms with Crippen molar-refractivity contribution in [3.8, 4) is 39.6 Å². The first-order valence-electron chi connectivity index (χ1n) is 12.2. The fourth-order valence-electron chi connectivity index (χ4n) is 5.68. The number of fused-ring (bicyclic) bond motifs is 5. The molecule has 0 atom stereocenters. The van der Waals surface area contributed by atoms with Crippen LogP contribution in [0.4, 0.5) is 0 Å². The summed E-state index contributed by atoms with van der Waals surface area (Å²) in [7, 11) is 0. The molecule has 0 saturated carbocycles. The van der Waals surface area contributed by atoms with Crippen LogP contribution >= 0.6 is 0 Å². The number of pyridine rings is 3. The lowest BCUT2D eigenvalue weighted by atomic mass is 9.85. The molecular formula is C32H24N4. The molecule has 0 unspecified atom stereocenters. The SMILES string of the molecule is CC1(C)c2ccccc2-c2c1n(-c1cc(-c3ccccn3)nc(-c3ccccn3)c1)c1ccccc21. The summed E-state index contributed by atoms with van der Waals surface area (Å²) in [6.45, 7) is 4.65. The summed E-state index contributed by atoms with van der Waals surface area (Å²) in [5.41, 5.74) is 10.7. The average Bonchev–Trinajstić information content (AvgIpc) is 3.40. The second-order valence-corrected chi connectivity index (χ2v) is 9.77. The summed E-state index contributed by atoms with van der Waals surface area (Å²) >= 11 is 0. The Morgan fingerprint density at radius 1 is 0.639 bits per heavy atom. The van der Waals surface area contributed by atoms with Gasteiger partial charge in [-0.1, -0.05) is 68.4 Å². The van der Waals surface area contributed by atoms with Crippen molar-refractivity contribution in [3.63, 3.8) is 0 Å². The van der Waals surface area contributed by atoms with Crippen molar-refractivity contribution in [3.05, 3.63) is 121 Å². The molecular weight excluding hydrogens is 440 g/mol. The molecule has 4 heteroatoms. The van der Waals surface area contributed by atoms with Crippen molar-refractivity contribution >= 4 is 10.9 Å². The van der Waals surface area contributed by atoms with Crippen molar-refractivity contribution in [1.29, 1.82) is 0 Å². The normalized spacial score (nSPS) is 13.5. The number of nitrogens with zero attached hydrogens (tertiary/aromatic N) is 4. The monoisotopic (exact) mass is 464 g/mol. The molecule has 4 aromatic heterocycles. The first-order chi connectivity index (χ1) is 17.6. The molecule has 4 heterocycles. The molecule has 0 aliphatic heterocycles. The van der Waals surface area contributed by atoms with Crippen molar-refractivity contribution in [2.75, 3.05) is 0 Å². The van der Waals surface area contributed by atoms with Crippen LogP contribution in [-0.4, -0.2) is 19.5 Å². The van der Waals surface area contributed by atoms with Gasteiger partial charge in [0.2, 0.25) is 0 Å². The fourth-order valence-corrected chi connectivity index (χ4v) is 5.68. The summed E-state index contributed by atoms with van der Waals surface area (Å²) in [6.07, 6.45) is 3.62. The minimum Gasteiger partial charge on any atom is -0.312 e. The van der Waals surface area contributed by atoms with E-state index in [-0.39, 0.29) is 5.41 Å². The van der Waals surface area contributed by atoms with Crippen molar-refractivity contribution in [2.45, 2.75) is 19.3 Å². The zero-order valence-electron chi connectivity index (χ0n) is 20.2. The summed E-state index contributed by atoms with van der Waals surface area (Å²) in [6, 6.07) is 33.7. The van der Waals surface area contributed by atoms with E-state index in [0.29, 0.717) is 0 Å². The molecule has 7 rings (SSSR count). The van der Waals surface area contributed by atoms with Gasteiger partial charge in [-0.2, -0.15) is 0 Å². The number of rotatable bonds is 3. The number of hydrogen-bond donors (Lipinski definition) is 0. The number of benzene rings is 2. The Kier molecular flexibility index (Phi) is 4.45. The van der Waals surface area contributed by atoms with Gasteiger partial charge in [-0.25, -0.2) is 4.98 Å². The Morgan fingerprint density at radius 2 is 1.25 bits per heavy atom. The van der Waals surface area contributed by atoms with E-state index in [2.05, 4.69) is 89.0 Å². The van der Waals surface area contributed by atoms with Gasteiger partial charge in [-0.3, -0.25) is 9.97 Å². The van der Waals surface area contributed by atoms with E-state index in [0.717, 1.165) is 28.5 Å². The minimum absolute atomic E-state index is 0.162. The first kappa shape index (κ1) is 20.8. The highest BCUT2D eigenvalue weighted by Gasteiger charge is 2.40. The van der Waals surface area contributed by atoms with Crippen LogP contribution < -0.4 is 0 Å². The largest absolute Gasteiger partial charge is 0.312 e. The van der Waals surface area contributed by atoms with E-state index >= 15 is 0 Å². The van der Waals surface area contributed by atoms with Crippen LogP contribution in [0, 0.1) is 0 Å². The van der Waals surface area contributed by atoms with Crippen LogP contribution in [0.15, 0.2) is 109 Å². The van der Waals surface area contributed by atoms with Gasteiger partial charge in [0.05, 0.1) is 34.0 Å². The van der Waals surface area contributed by atoms with E-state index in [1.807, 2.05) is 48.8 Å². The summed E-state index contributed by atoms with van der Waals surface area (Å²) in [5, 5.41) is 1.26. The van der Waals surface area contributed by atoms with Gasteiger partial charge >= 0.3 is 0 Å². The van der Waals surface area contributed by atoms with Gasteiger partial charge in [0.25, 0.3) is 0 Å². The quantitative estimate of drug-likeness (QED) is 0.273. The molecule has 0 spiro atoms. The molecule has 0 bridgehead atoms. The molecule has 0 radical (unpaired) electrons. The van der Waals surface area contributed by atoms with Crippen LogP contribution in [0.2, 0.25) is 0 Å². The predicted octanol–water partition coefficient (Wildman–Crippen LogP) is 7.46. The van der Waals surface area contributed by atoms with Crippen molar-refractivity contribution in [2.24, 2.45) is 0 Å². The molecule has 1 aliphatic rings. The standard InChI is InChI=1S/C32H24N4/c1-32(2)24-13-5-3-11-22(24)30-23-12-4-6-16-29(23)36(31(30)32)21-19-27(25-14-7-9-17-33-25)35-28(20-21)26-15-8-10-18-34-26/h3-20H,1-2H3. The molecule has 172 valence electrons. The molecule has 1 aliphatic carbocycles. The highest BCUT2D eigenvalue weighted by molar-refractivity contribution is 6.03. The average molecular weight is 465 g/mol. The predicted molar refractivity (Wildman–Crippen MR) is 145 cm³/mol. The lowest BCUT2D eigenvalue weighted by Crippen LogP contribution is -2.20. The molecule has 36 heavy (non-hydrogen) atoms. The van der Waals surface area contributed by atoms with Gasteiger partial charge in [-0.15, -0.1) is 0 Å². The van der Waals surface area contributed by atoms with E-state index in [1.54, 1.807) is 0 Å². The van der Waals surface area contributed by atoms with E-state index in [4.69, 9.17) is 4.98 Å². The van der Waals surface area contributed by atoms with Crippen molar-refractivity contribution in [1.82, 2.24) is 19.5 Å². The van der Waals surface area contributed by atoms with Gasteiger partial charge in [0.1, 0.15) is 0 Å². The molecule has 6 aromatic rings. The minimum atomic E-state index is -0.162. The van der Waals surface area contributed by atoms with E-state index < -0.39 is 0 Å². The third-order valence-electron chi connectivity index (χ3n) is 7.26. The third-order valence-corrected chi connectivity index (χ3v) is 7.26. The Balaban J connectivity index is 1.58. The third kappa shape index (κ3) is 2.97. The number of hydrogen-bond acceptors (Lipinski definition) is 3. The van der Waals surface area contributed by atoms with Crippen LogP contribution in [0.25, 0.3) is 50.5 Å². The second-order valence-electron chi connectivity index (χ2n) is 9.77. The van der Waals surface area contributed by atoms with E-state index in [9.17, 15) is 0 Å². The maximum atomic E-state index is 4.99. The summed E-state index contributed by atoms with van der Waals surface area (Å²) in [5.74, 6) is 0. The van der Waals surface area contributed by atoms with Crippen LogP contribution in [-0.2, 0) is 5.41 Å². The molecule has 0 N–H and O–H groups in total. The Morgan fingerprint density at radius 3 is 1.92 bits per heavy atom. The smallest absolute Gasteiger partial charge is 0.0915 e. The second kappa shape index (κ2) is 7.72. The lowest BCUT2D eigenvalue weighted by molar-refractivity contribution is 0.623. The number of para-hydroxylation sites is 1. The van der Waals surface area contributed by atoms with Gasteiger partial charge in [0.15, 0.2) is 0 Å². The number of aromatic nitrogens is 4. The molecule has 4 nitrogen and oxygen atoms in total. The molecule has 0 saturated heterocycles. The highest BCUT2D eigenvalue weighted by Crippen LogP contribution is 2.53. The van der Waals surface area contributed by atoms with Gasteiger partial charge in [0, 0.05) is 34.5 Å². The molecule has 0 amide bonds. The maximum absolute atomic E-state index is 4.99. The maximum Gasteiger partial charge on any atom is 0.0915 e. The van der Waals surface area contributed by atoms with Gasteiger partial charge in [-0.05, 0) is 53.6 Å². The lowest BCUT2D eigenvalue weighted by Gasteiger charge is -2.25. The first-order valence-corrected chi connectivity index (χ1v) is 12.2. The zero-order chi connectivity index (χ0) is 24.3. The fraction of sp³-hybridized carbons (Fsp3) is 0.0938. The van der Waals surface area contributed by atoms with Gasteiger partial charge < -0.3 is 4.57 Å². The molecule has 2 aromatic carbocycles.